The number of halogens is 3. The molecule has 3 aromatic carbocycles. The molecule has 0 unspecified atom stereocenters. The number of thioether (sulfide) groups is 1. The van der Waals surface area contributed by atoms with Crippen molar-refractivity contribution in [3.8, 4) is 0 Å². The number of benzene rings is 3. The van der Waals surface area contributed by atoms with E-state index in [-0.39, 0.29) is 41.3 Å². The Bertz CT molecular complexity index is 1110. The Morgan fingerprint density at radius 2 is 1.65 bits per heavy atom. The maximum atomic E-state index is 14.4. The van der Waals surface area contributed by atoms with Crippen LogP contribution < -0.4 is 5.32 Å². The van der Waals surface area contributed by atoms with Crippen molar-refractivity contribution in [1.29, 1.82) is 0 Å². The molecule has 0 saturated heterocycles. The second-order valence-electron chi connectivity index (χ2n) is 7.63. The standard InChI is InChI=1S/C26H25ClF2N2O2S/c1-30-26(33)24(14-18-8-3-2-4-9-18)31(15-19-10-5-6-12-22(19)28)25(32)17-34-16-20-21(27)11-7-13-23(20)29/h2-13,24H,14-17H2,1H3,(H,30,33)/t24-/m0/s1. The smallest absolute Gasteiger partial charge is 0.242 e. The summed E-state index contributed by atoms with van der Waals surface area (Å²) in [5.74, 6) is -1.44. The molecule has 1 atom stereocenters. The topological polar surface area (TPSA) is 49.4 Å². The van der Waals surface area contributed by atoms with Crippen molar-refractivity contribution < 1.29 is 18.4 Å². The summed E-state index contributed by atoms with van der Waals surface area (Å²) >= 11 is 7.28. The highest BCUT2D eigenvalue weighted by Crippen LogP contribution is 2.25. The van der Waals surface area contributed by atoms with Crippen LogP contribution in [0.5, 0.6) is 0 Å². The molecule has 3 rings (SSSR count). The van der Waals surface area contributed by atoms with Crippen LogP contribution >= 0.6 is 23.4 Å². The molecular weight excluding hydrogens is 478 g/mol. The third-order valence-electron chi connectivity index (χ3n) is 5.35. The summed E-state index contributed by atoms with van der Waals surface area (Å²) in [5.41, 5.74) is 1.49. The van der Waals surface area contributed by atoms with E-state index in [9.17, 15) is 18.4 Å². The zero-order valence-corrected chi connectivity index (χ0v) is 20.2. The molecule has 0 bridgehead atoms. The quantitative estimate of drug-likeness (QED) is 0.412. The van der Waals surface area contributed by atoms with Crippen molar-refractivity contribution in [1.82, 2.24) is 10.2 Å². The Morgan fingerprint density at radius 3 is 2.32 bits per heavy atom. The fourth-order valence-corrected chi connectivity index (χ4v) is 4.77. The van der Waals surface area contributed by atoms with E-state index in [1.165, 1.54) is 41.9 Å². The van der Waals surface area contributed by atoms with Crippen LogP contribution in [0.1, 0.15) is 16.7 Å². The van der Waals surface area contributed by atoms with Crippen LogP contribution in [-0.4, -0.2) is 35.6 Å². The lowest BCUT2D eigenvalue weighted by molar-refractivity contribution is -0.139. The predicted molar refractivity (Wildman–Crippen MR) is 133 cm³/mol. The molecule has 0 saturated carbocycles. The molecule has 0 aliphatic heterocycles. The van der Waals surface area contributed by atoms with Gasteiger partial charge in [0.05, 0.1) is 5.75 Å². The van der Waals surface area contributed by atoms with Gasteiger partial charge in [-0.1, -0.05) is 66.2 Å². The molecular formula is C26H25ClF2N2O2S. The van der Waals surface area contributed by atoms with Gasteiger partial charge in [-0.15, -0.1) is 11.8 Å². The van der Waals surface area contributed by atoms with Crippen LogP contribution in [-0.2, 0) is 28.3 Å². The second kappa shape index (κ2) is 12.5. The van der Waals surface area contributed by atoms with Crippen LogP contribution in [0.4, 0.5) is 8.78 Å². The first kappa shape index (κ1) is 25.7. The maximum Gasteiger partial charge on any atom is 0.242 e. The van der Waals surface area contributed by atoms with Gasteiger partial charge in [0.2, 0.25) is 11.8 Å². The summed E-state index contributed by atoms with van der Waals surface area (Å²) in [6.45, 7) is -0.0720. The molecule has 0 aromatic heterocycles. The van der Waals surface area contributed by atoms with Crippen LogP contribution in [0.3, 0.4) is 0 Å². The highest BCUT2D eigenvalue weighted by atomic mass is 35.5. The Labute approximate surface area is 207 Å². The zero-order valence-electron chi connectivity index (χ0n) is 18.6. The number of carbonyl (C=O) groups is 2. The number of nitrogens with zero attached hydrogens (tertiary/aromatic N) is 1. The van der Waals surface area contributed by atoms with E-state index < -0.39 is 17.7 Å². The van der Waals surface area contributed by atoms with Gasteiger partial charge < -0.3 is 10.2 Å². The minimum atomic E-state index is -0.850. The largest absolute Gasteiger partial charge is 0.357 e. The number of hydrogen-bond donors (Lipinski definition) is 1. The average molecular weight is 503 g/mol. The Kier molecular flexibility index (Phi) is 9.48. The van der Waals surface area contributed by atoms with Crippen LogP contribution in [0.25, 0.3) is 0 Å². The van der Waals surface area contributed by atoms with Gasteiger partial charge in [0.25, 0.3) is 0 Å². The number of rotatable bonds is 10. The average Bonchev–Trinajstić information content (AvgIpc) is 2.84. The van der Waals surface area contributed by atoms with Crippen LogP contribution in [0.15, 0.2) is 72.8 Å². The lowest BCUT2D eigenvalue weighted by atomic mass is 10.0. The Balaban J connectivity index is 1.84. The molecule has 0 aliphatic carbocycles. The van der Waals surface area contributed by atoms with E-state index in [4.69, 9.17) is 11.6 Å². The highest BCUT2D eigenvalue weighted by molar-refractivity contribution is 7.99. The summed E-state index contributed by atoms with van der Waals surface area (Å²) in [7, 11) is 1.50. The molecule has 0 heterocycles. The number of hydrogen-bond acceptors (Lipinski definition) is 3. The Hall–Kier alpha value is -2.90. The summed E-state index contributed by atoms with van der Waals surface area (Å²) in [6.07, 6.45) is 0.268. The molecule has 0 spiro atoms. The Morgan fingerprint density at radius 1 is 0.971 bits per heavy atom. The highest BCUT2D eigenvalue weighted by Gasteiger charge is 2.30. The van der Waals surface area contributed by atoms with Crippen LogP contribution in [0, 0.1) is 11.6 Å². The lowest BCUT2D eigenvalue weighted by Gasteiger charge is -2.31. The number of nitrogens with one attached hydrogen (secondary N) is 1. The number of likely N-dealkylation sites (N-methyl/N-ethyl adjacent to an activating group) is 1. The normalized spacial score (nSPS) is 11.6. The zero-order chi connectivity index (χ0) is 24.5. The molecule has 34 heavy (non-hydrogen) atoms. The van der Waals surface area contributed by atoms with Crippen LogP contribution in [0.2, 0.25) is 5.02 Å². The minimum Gasteiger partial charge on any atom is -0.357 e. The molecule has 178 valence electrons. The number of carbonyl (C=O) groups excluding carboxylic acids is 2. The van der Waals surface area contributed by atoms with Gasteiger partial charge in [0, 0.05) is 41.9 Å². The van der Waals surface area contributed by atoms with Gasteiger partial charge >= 0.3 is 0 Å². The maximum absolute atomic E-state index is 14.4. The van der Waals surface area contributed by atoms with Crippen molar-refractivity contribution in [3.05, 3.63) is 106 Å². The van der Waals surface area contributed by atoms with Gasteiger partial charge in [-0.3, -0.25) is 9.59 Å². The van der Waals surface area contributed by atoms with Crippen molar-refractivity contribution >= 4 is 35.2 Å². The summed E-state index contributed by atoms with van der Waals surface area (Å²) in [5, 5.41) is 2.91. The van der Waals surface area contributed by atoms with Gasteiger partial charge in [-0.2, -0.15) is 0 Å². The molecule has 0 radical (unpaired) electrons. The monoisotopic (exact) mass is 502 g/mol. The van der Waals surface area contributed by atoms with E-state index in [1.54, 1.807) is 24.3 Å². The summed E-state index contributed by atoms with van der Waals surface area (Å²) in [4.78, 5) is 27.6. The van der Waals surface area contributed by atoms with E-state index in [1.807, 2.05) is 30.3 Å². The summed E-state index contributed by atoms with van der Waals surface area (Å²) < 4.78 is 28.5. The molecule has 4 nitrogen and oxygen atoms in total. The van der Waals surface area contributed by atoms with E-state index in [0.717, 1.165) is 5.56 Å². The van der Waals surface area contributed by atoms with E-state index in [0.29, 0.717) is 11.1 Å². The SMILES string of the molecule is CNC(=O)[C@H](Cc1ccccc1)N(Cc1ccccc1F)C(=O)CSCc1c(F)cccc1Cl. The fraction of sp³-hybridized carbons (Fsp3) is 0.231. The first-order valence-corrected chi connectivity index (χ1v) is 12.2. The van der Waals surface area contributed by atoms with E-state index in [2.05, 4.69) is 5.32 Å². The number of amides is 2. The molecule has 0 aliphatic rings. The third kappa shape index (κ3) is 6.81. The molecule has 8 heteroatoms. The molecule has 3 aromatic rings. The van der Waals surface area contributed by atoms with Crippen molar-refractivity contribution in [2.24, 2.45) is 0 Å². The van der Waals surface area contributed by atoms with Crippen molar-refractivity contribution in [2.45, 2.75) is 24.8 Å². The van der Waals surface area contributed by atoms with Gasteiger partial charge in [-0.05, 0) is 23.8 Å². The second-order valence-corrected chi connectivity index (χ2v) is 9.02. The first-order chi connectivity index (χ1) is 16.4. The molecule has 0 fully saturated rings. The fourth-order valence-electron chi connectivity index (χ4n) is 3.52. The lowest BCUT2D eigenvalue weighted by Crippen LogP contribution is -2.50. The van der Waals surface area contributed by atoms with Gasteiger partial charge in [0.15, 0.2) is 0 Å². The van der Waals surface area contributed by atoms with Crippen molar-refractivity contribution in [3.63, 3.8) is 0 Å². The van der Waals surface area contributed by atoms with Gasteiger partial charge in [0.1, 0.15) is 17.7 Å². The third-order valence-corrected chi connectivity index (χ3v) is 6.65. The molecule has 1 N–H and O–H groups in total. The minimum absolute atomic E-state index is 0.0264. The first-order valence-electron chi connectivity index (χ1n) is 10.7. The predicted octanol–water partition coefficient (Wildman–Crippen LogP) is 5.24. The summed E-state index contributed by atoms with van der Waals surface area (Å²) in [6, 6.07) is 19.1. The van der Waals surface area contributed by atoms with E-state index >= 15 is 0 Å². The van der Waals surface area contributed by atoms with Crippen molar-refractivity contribution in [2.75, 3.05) is 12.8 Å². The molecule has 2 amide bonds. The van der Waals surface area contributed by atoms with Gasteiger partial charge in [-0.25, -0.2) is 8.78 Å².